The molecule has 2 amide bonds. The van der Waals surface area contributed by atoms with Crippen LogP contribution < -0.4 is 27.0 Å². The van der Waals surface area contributed by atoms with Crippen LogP contribution >= 0.6 is 0 Å². The minimum atomic E-state index is -0.478. The van der Waals surface area contributed by atoms with Gasteiger partial charge in [0.15, 0.2) is 0 Å². The van der Waals surface area contributed by atoms with Crippen LogP contribution in [0.15, 0.2) is 12.5 Å². The van der Waals surface area contributed by atoms with E-state index in [0.717, 1.165) is 6.54 Å². The first-order valence-corrected chi connectivity index (χ1v) is 12.1. The van der Waals surface area contributed by atoms with Crippen molar-refractivity contribution < 1.29 is 28.5 Å². The van der Waals surface area contributed by atoms with Gasteiger partial charge in [-0.25, -0.2) is 9.59 Å². The van der Waals surface area contributed by atoms with Gasteiger partial charge in [-0.15, -0.1) is 0 Å². The zero-order valence-electron chi connectivity index (χ0n) is 22.7. The normalized spacial score (nSPS) is 8.00. The molecule has 0 bridgehead atoms. The van der Waals surface area contributed by atoms with E-state index in [2.05, 4.69) is 51.5 Å². The fourth-order valence-corrected chi connectivity index (χ4v) is 1.39. The summed E-state index contributed by atoms with van der Waals surface area (Å²) >= 11 is 0. The van der Waals surface area contributed by atoms with Crippen LogP contribution in [0, 0.1) is 0 Å². The van der Waals surface area contributed by atoms with Crippen LogP contribution in [0.2, 0.25) is 0 Å². The van der Waals surface area contributed by atoms with Crippen LogP contribution in [0.1, 0.15) is 104 Å². The van der Waals surface area contributed by atoms with Gasteiger partial charge in [0, 0.05) is 13.2 Å². The van der Waals surface area contributed by atoms with Crippen molar-refractivity contribution >= 4 is 12.2 Å². The number of alkyl carbamates (subject to hydrolysis) is 2. The molecule has 11 nitrogen and oxygen atoms in total. The minimum Gasteiger partial charge on any atom is -0.497 e. The van der Waals surface area contributed by atoms with E-state index < -0.39 is 6.09 Å². The smallest absolute Gasteiger partial charge is 0.408 e. The number of rotatable bonds is 15. The van der Waals surface area contributed by atoms with Gasteiger partial charge in [0.25, 0.3) is 0 Å². The Morgan fingerprint density at radius 1 is 0.744 bits per heavy atom. The van der Waals surface area contributed by atoms with E-state index in [1.807, 2.05) is 0 Å². The van der Waals surface area contributed by atoms with Crippen molar-refractivity contribution in [2.75, 3.05) is 60.5 Å². The number of nitrogens with one attached hydrogen (secondary N) is 4. The second kappa shape index (κ2) is 65.1. The van der Waals surface area contributed by atoms with Gasteiger partial charge in [-0.1, -0.05) is 83.6 Å². The lowest BCUT2D eigenvalue weighted by Gasteiger charge is -2.06. The topological polar surface area (TPSA) is 145 Å². The monoisotopic (exact) mass is 576 g/mol. The number of carbonyl (C=O) groups is 2. The molecule has 11 heteroatoms. The molecule has 6 N–H and O–H groups in total. The summed E-state index contributed by atoms with van der Waals surface area (Å²) in [7, 11) is 3.52. The third-order valence-electron chi connectivity index (χ3n) is 3.26. The predicted octanol–water partition coefficient (Wildman–Crippen LogP) is 6.45. The Kier molecular flexibility index (Phi) is 102. The van der Waals surface area contributed by atoms with Crippen LogP contribution in [-0.2, 0) is 18.9 Å². The van der Waals surface area contributed by atoms with Crippen LogP contribution in [0.25, 0.3) is 0 Å². The summed E-state index contributed by atoms with van der Waals surface area (Å²) in [5.41, 5.74) is 5.21. The van der Waals surface area contributed by atoms with E-state index in [9.17, 15) is 9.59 Å². The van der Waals surface area contributed by atoms with Crippen molar-refractivity contribution in [3.05, 3.63) is 12.5 Å². The number of hydrogen-bond acceptors (Lipinski definition) is 9. The Bertz CT molecular complexity index is 412. The number of amides is 2. The molecule has 0 spiro atoms. The van der Waals surface area contributed by atoms with E-state index >= 15 is 0 Å². The second-order valence-electron chi connectivity index (χ2n) is 6.34. The summed E-state index contributed by atoms with van der Waals surface area (Å²) in [6.07, 6.45) is 8.73. The van der Waals surface area contributed by atoms with Crippen molar-refractivity contribution in [1.29, 1.82) is 0 Å². The van der Waals surface area contributed by atoms with Crippen molar-refractivity contribution in [1.82, 2.24) is 21.3 Å². The molecule has 0 aliphatic heterocycles. The van der Waals surface area contributed by atoms with E-state index in [0.29, 0.717) is 33.1 Å². The lowest BCUT2D eigenvalue weighted by Crippen LogP contribution is -2.32. The standard InChI is InChI=1S/C9H18N2O4.C5H12N2O2.C5H13N.C4H10.5CH4/c1-3-15-9(12)11-8-14-7-6-13-5-4-10-2;1-3-9-5(8)7-4-6-2;1-2-3-4-5-6;1-3-4-2;;;;;/h4-5,10H,3,6-8H2,1-2H3,(H,11,12);6H,3-4H2,1-2H3,(H,7,8);2-6H2,1H3;3-4H2,1-2H3;5*1H4/b5-4+;;;;;;;;. The maximum absolute atomic E-state index is 10.8. The first kappa shape index (κ1) is 61.0. The molecule has 0 saturated carbocycles. The van der Waals surface area contributed by atoms with E-state index in [-0.39, 0.29) is 50.0 Å². The highest BCUT2D eigenvalue weighted by Gasteiger charge is 1.97. The Balaban J connectivity index is -0.0000000466. The third kappa shape index (κ3) is 86.1. The molecule has 0 fully saturated rings. The van der Waals surface area contributed by atoms with E-state index in [1.54, 1.807) is 34.1 Å². The van der Waals surface area contributed by atoms with Crippen LogP contribution in [0.3, 0.4) is 0 Å². The maximum atomic E-state index is 10.8. The van der Waals surface area contributed by atoms with Gasteiger partial charge in [0.2, 0.25) is 0 Å². The number of carbonyl (C=O) groups excluding carboxylic acids is 2. The molecule has 0 aliphatic rings. The Hall–Kier alpha value is -2.24. The Labute approximate surface area is 244 Å². The van der Waals surface area contributed by atoms with Gasteiger partial charge < -0.3 is 40.6 Å². The highest BCUT2D eigenvalue weighted by molar-refractivity contribution is 5.67. The Morgan fingerprint density at radius 2 is 1.26 bits per heavy atom. The van der Waals surface area contributed by atoms with Crippen molar-refractivity contribution in [3.8, 4) is 0 Å². The predicted molar refractivity (Wildman–Crippen MR) is 172 cm³/mol. The lowest BCUT2D eigenvalue weighted by molar-refractivity contribution is 0.0672. The fraction of sp³-hybridized carbons (Fsp3) is 0.857. The SMILES string of the molecule is C.C.C.C.C.CCCC.CCCCCN.CCOC(=O)NCNC.CCOC(=O)NCOCCO/C=C/NC. The number of ether oxygens (including phenoxy) is 4. The third-order valence-corrected chi connectivity index (χ3v) is 3.26. The summed E-state index contributed by atoms with van der Waals surface area (Å²) in [5, 5.41) is 10.4. The first-order chi connectivity index (χ1) is 16.4. The molecule has 246 valence electrons. The Morgan fingerprint density at radius 3 is 1.62 bits per heavy atom. The molecule has 0 unspecified atom stereocenters. The largest absolute Gasteiger partial charge is 0.497 e. The fourth-order valence-electron chi connectivity index (χ4n) is 1.39. The summed E-state index contributed by atoms with van der Waals surface area (Å²) in [6.45, 7) is 13.1. The van der Waals surface area contributed by atoms with Gasteiger partial charge in [0.1, 0.15) is 13.3 Å². The van der Waals surface area contributed by atoms with Gasteiger partial charge in [-0.2, -0.15) is 0 Å². The van der Waals surface area contributed by atoms with Crippen molar-refractivity contribution in [3.63, 3.8) is 0 Å². The molecule has 0 aliphatic carbocycles. The molecule has 0 radical (unpaired) electrons. The average Bonchev–Trinajstić information content (AvgIpc) is 2.84. The molecule has 0 heterocycles. The maximum Gasteiger partial charge on any atom is 0.408 e. The van der Waals surface area contributed by atoms with Gasteiger partial charge >= 0.3 is 12.2 Å². The molecule has 0 saturated heterocycles. The molecular weight excluding hydrogens is 502 g/mol. The highest BCUT2D eigenvalue weighted by atomic mass is 16.6. The number of unbranched alkanes of at least 4 members (excludes halogenated alkanes) is 3. The van der Waals surface area contributed by atoms with E-state index in [4.69, 9.17) is 15.2 Å². The second-order valence-corrected chi connectivity index (χ2v) is 6.34. The van der Waals surface area contributed by atoms with E-state index in [1.165, 1.54) is 38.4 Å². The summed E-state index contributed by atoms with van der Waals surface area (Å²) in [4.78, 5) is 21.2. The number of nitrogens with two attached hydrogens (primary N) is 1. The van der Waals surface area contributed by atoms with Crippen LogP contribution in [0.5, 0.6) is 0 Å². The quantitative estimate of drug-likeness (QED) is 0.0845. The average molecular weight is 576 g/mol. The zero-order chi connectivity index (χ0) is 26.7. The molecule has 0 rings (SSSR count). The highest BCUT2D eigenvalue weighted by Crippen LogP contribution is 1.88. The summed E-state index contributed by atoms with van der Waals surface area (Å²) < 4.78 is 19.2. The van der Waals surface area contributed by atoms with Gasteiger partial charge in [-0.05, 0) is 33.9 Å². The number of hydrogen-bond donors (Lipinski definition) is 5. The van der Waals surface area contributed by atoms with Crippen LogP contribution in [-0.4, -0.2) is 72.7 Å². The molecule has 0 aromatic heterocycles. The molecule has 0 aromatic rings. The molecule has 0 atom stereocenters. The lowest BCUT2D eigenvalue weighted by atomic mass is 10.3. The molecule has 0 aromatic carbocycles. The van der Waals surface area contributed by atoms with Crippen molar-refractivity contribution in [2.24, 2.45) is 5.73 Å². The van der Waals surface area contributed by atoms with Gasteiger partial charge in [0.05, 0.1) is 32.8 Å². The van der Waals surface area contributed by atoms with Crippen LogP contribution in [0.4, 0.5) is 9.59 Å². The molecule has 39 heavy (non-hydrogen) atoms. The van der Waals surface area contributed by atoms with Gasteiger partial charge in [-0.3, -0.25) is 5.32 Å². The zero-order valence-corrected chi connectivity index (χ0v) is 22.7. The first-order valence-electron chi connectivity index (χ1n) is 12.1. The van der Waals surface area contributed by atoms with Crippen molar-refractivity contribution in [2.45, 2.75) is 104 Å². The molecular formula is C28H73N5O6. The summed E-state index contributed by atoms with van der Waals surface area (Å²) in [5.74, 6) is 0. The minimum absolute atomic E-state index is 0. The summed E-state index contributed by atoms with van der Waals surface area (Å²) in [6, 6.07) is 0.